The molecule has 1 fully saturated rings. The zero-order valence-corrected chi connectivity index (χ0v) is 13.3. The Balaban J connectivity index is 0.00000180. The molecule has 0 radical (unpaired) electrons. The number of hydrogen-bond donors (Lipinski definition) is 1. The number of nitrogens with two attached hydrogens (primary N) is 1. The SMILES string of the molecule is CC(CC(=O)N1CCCC(N)C1)c1ccncc1.Cl.Cl. The summed E-state index contributed by atoms with van der Waals surface area (Å²) in [6.45, 7) is 3.65. The van der Waals surface area contributed by atoms with E-state index in [-0.39, 0.29) is 42.7 Å². The molecule has 1 saturated heterocycles. The molecule has 0 aliphatic carbocycles. The summed E-state index contributed by atoms with van der Waals surface area (Å²) in [6, 6.07) is 4.10. The summed E-state index contributed by atoms with van der Waals surface area (Å²) >= 11 is 0. The van der Waals surface area contributed by atoms with Crippen LogP contribution in [0.1, 0.15) is 37.7 Å². The number of hydrogen-bond acceptors (Lipinski definition) is 3. The van der Waals surface area contributed by atoms with Crippen molar-refractivity contribution >= 4 is 30.7 Å². The van der Waals surface area contributed by atoms with Gasteiger partial charge in [0.1, 0.15) is 0 Å². The fourth-order valence-corrected chi connectivity index (χ4v) is 2.44. The first-order valence-electron chi connectivity index (χ1n) is 6.60. The molecule has 2 atom stereocenters. The fourth-order valence-electron chi connectivity index (χ4n) is 2.44. The minimum absolute atomic E-state index is 0. The third-order valence-corrected chi connectivity index (χ3v) is 3.57. The minimum atomic E-state index is 0. The van der Waals surface area contributed by atoms with Crippen LogP contribution in [0.15, 0.2) is 24.5 Å². The first-order valence-corrected chi connectivity index (χ1v) is 6.60. The molecule has 2 heterocycles. The molecule has 114 valence electrons. The molecule has 4 nitrogen and oxygen atoms in total. The number of halogens is 2. The van der Waals surface area contributed by atoms with Gasteiger partial charge in [0.05, 0.1) is 0 Å². The van der Waals surface area contributed by atoms with E-state index in [4.69, 9.17) is 5.73 Å². The Morgan fingerprint density at radius 3 is 2.70 bits per heavy atom. The molecular weight excluding hydrogens is 297 g/mol. The number of rotatable bonds is 3. The molecule has 6 heteroatoms. The van der Waals surface area contributed by atoms with Crippen LogP contribution in [0.4, 0.5) is 0 Å². The lowest BCUT2D eigenvalue weighted by Gasteiger charge is -2.31. The lowest BCUT2D eigenvalue weighted by Crippen LogP contribution is -2.45. The summed E-state index contributed by atoms with van der Waals surface area (Å²) in [5.74, 6) is 0.452. The van der Waals surface area contributed by atoms with Crippen molar-refractivity contribution in [3.8, 4) is 0 Å². The van der Waals surface area contributed by atoms with Gasteiger partial charge in [-0.2, -0.15) is 0 Å². The highest BCUT2D eigenvalue weighted by molar-refractivity contribution is 5.85. The number of amides is 1. The van der Waals surface area contributed by atoms with Crippen molar-refractivity contribution in [2.75, 3.05) is 13.1 Å². The van der Waals surface area contributed by atoms with Crippen LogP contribution in [0.3, 0.4) is 0 Å². The summed E-state index contributed by atoms with van der Waals surface area (Å²) in [6.07, 6.45) is 6.15. The summed E-state index contributed by atoms with van der Waals surface area (Å²) < 4.78 is 0. The molecule has 0 spiro atoms. The third-order valence-electron chi connectivity index (χ3n) is 3.57. The predicted octanol–water partition coefficient (Wildman–Crippen LogP) is 2.37. The Labute approximate surface area is 132 Å². The molecule has 1 amide bonds. The maximum atomic E-state index is 12.2. The zero-order chi connectivity index (χ0) is 13.0. The van der Waals surface area contributed by atoms with Crippen molar-refractivity contribution in [3.05, 3.63) is 30.1 Å². The van der Waals surface area contributed by atoms with Crippen LogP contribution in [0.2, 0.25) is 0 Å². The highest BCUT2D eigenvalue weighted by Crippen LogP contribution is 2.20. The molecule has 0 bridgehead atoms. The number of pyridine rings is 1. The molecule has 1 aromatic heterocycles. The molecule has 1 aromatic rings. The van der Waals surface area contributed by atoms with Gasteiger partial charge in [0.2, 0.25) is 5.91 Å². The van der Waals surface area contributed by atoms with Crippen LogP contribution in [-0.2, 0) is 4.79 Å². The highest BCUT2D eigenvalue weighted by Gasteiger charge is 2.22. The Morgan fingerprint density at radius 1 is 1.45 bits per heavy atom. The third kappa shape index (κ3) is 5.27. The van der Waals surface area contributed by atoms with E-state index in [0.29, 0.717) is 13.0 Å². The summed E-state index contributed by atoms with van der Waals surface area (Å²) in [5.41, 5.74) is 7.07. The van der Waals surface area contributed by atoms with E-state index in [2.05, 4.69) is 11.9 Å². The first-order chi connectivity index (χ1) is 8.66. The summed E-state index contributed by atoms with van der Waals surface area (Å²) in [5, 5.41) is 0. The van der Waals surface area contributed by atoms with E-state index in [9.17, 15) is 4.79 Å². The van der Waals surface area contributed by atoms with Gasteiger partial charge in [-0.15, -0.1) is 24.8 Å². The monoisotopic (exact) mass is 319 g/mol. The molecule has 0 saturated carbocycles. The van der Waals surface area contributed by atoms with Gasteiger partial charge in [-0.05, 0) is 36.5 Å². The van der Waals surface area contributed by atoms with Crippen LogP contribution in [0, 0.1) is 0 Å². The van der Waals surface area contributed by atoms with Crippen molar-refractivity contribution in [1.29, 1.82) is 0 Å². The molecular formula is C14H23Cl2N3O. The zero-order valence-electron chi connectivity index (χ0n) is 11.7. The highest BCUT2D eigenvalue weighted by atomic mass is 35.5. The van der Waals surface area contributed by atoms with Crippen LogP contribution < -0.4 is 5.73 Å². The first kappa shape index (κ1) is 19.2. The van der Waals surface area contributed by atoms with Crippen LogP contribution >= 0.6 is 24.8 Å². The number of carbonyl (C=O) groups excluding carboxylic acids is 1. The molecule has 2 N–H and O–H groups in total. The maximum absolute atomic E-state index is 12.2. The van der Waals surface area contributed by atoms with Crippen molar-refractivity contribution in [1.82, 2.24) is 9.88 Å². The number of aromatic nitrogens is 1. The second kappa shape index (κ2) is 9.16. The quantitative estimate of drug-likeness (QED) is 0.930. The molecule has 1 aliphatic heterocycles. The smallest absolute Gasteiger partial charge is 0.223 e. The second-order valence-corrected chi connectivity index (χ2v) is 5.13. The van der Waals surface area contributed by atoms with E-state index in [0.717, 1.165) is 19.4 Å². The fraction of sp³-hybridized carbons (Fsp3) is 0.571. The lowest BCUT2D eigenvalue weighted by molar-refractivity contribution is -0.132. The lowest BCUT2D eigenvalue weighted by atomic mass is 9.97. The molecule has 2 rings (SSSR count). The number of piperidine rings is 1. The molecule has 2 unspecified atom stereocenters. The molecule has 20 heavy (non-hydrogen) atoms. The largest absolute Gasteiger partial charge is 0.341 e. The molecule has 1 aliphatic rings. The number of nitrogens with zero attached hydrogens (tertiary/aromatic N) is 2. The maximum Gasteiger partial charge on any atom is 0.223 e. The molecule has 0 aromatic carbocycles. The van der Waals surface area contributed by atoms with Gasteiger partial charge in [0, 0.05) is 37.9 Å². The van der Waals surface area contributed by atoms with Crippen molar-refractivity contribution in [3.63, 3.8) is 0 Å². The van der Waals surface area contributed by atoms with E-state index < -0.39 is 0 Å². The van der Waals surface area contributed by atoms with E-state index >= 15 is 0 Å². The van der Waals surface area contributed by atoms with E-state index in [1.165, 1.54) is 5.56 Å². The topological polar surface area (TPSA) is 59.2 Å². The van der Waals surface area contributed by atoms with E-state index in [1.54, 1.807) is 12.4 Å². The summed E-state index contributed by atoms with van der Waals surface area (Å²) in [4.78, 5) is 18.1. The van der Waals surface area contributed by atoms with Gasteiger partial charge in [0.15, 0.2) is 0 Å². The van der Waals surface area contributed by atoms with Gasteiger partial charge in [0.25, 0.3) is 0 Å². The normalized spacial score (nSPS) is 19.5. The second-order valence-electron chi connectivity index (χ2n) is 5.13. The Morgan fingerprint density at radius 2 is 2.10 bits per heavy atom. The van der Waals surface area contributed by atoms with Crippen molar-refractivity contribution < 1.29 is 4.79 Å². The Kier molecular flexibility index (Phi) is 8.78. The van der Waals surface area contributed by atoms with Crippen LogP contribution in [0.5, 0.6) is 0 Å². The number of likely N-dealkylation sites (tertiary alicyclic amines) is 1. The van der Waals surface area contributed by atoms with E-state index in [1.807, 2.05) is 17.0 Å². The van der Waals surface area contributed by atoms with Crippen LogP contribution in [-0.4, -0.2) is 34.9 Å². The average Bonchev–Trinajstić information content (AvgIpc) is 2.39. The van der Waals surface area contributed by atoms with Crippen molar-refractivity contribution in [2.45, 2.75) is 38.1 Å². The predicted molar refractivity (Wildman–Crippen MR) is 85.6 cm³/mol. The van der Waals surface area contributed by atoms with Crippen molar-refractivity contribution in [2.24, 2.45) is 5.73 Å². The van der Waals surface area contributed by atoms with Gasteiger partial charge in [-0.25, -0.2) is 0 Å². The Bertz CT molecular complexity index is 403. The van der Waals surface area contributed by atoms with Gasteiger partial charge in [-0.1, -0.05) is 6.92 Å². The average molecular weight is 320 g/mol. The van der Waals surface area contributed by atoms with Gasteiger partial charge < -0.3 is 10.6 Å². The summed E-state index contributed by atoms with van der Waals surface area (Å²) in [7, 11) is 0. The van der Waals surface area contributed by atoms with Gasteiger partial charge >= 0.3 is 0 Å². The van der Waals surface area contributed by atoms with Gasteiger partial charge in [-0.3, -0.25) is 9.78 Å². The minimum Gasteiger partial charge on any atom is -0.341 e. The van der Waals surface area contributed by atoms with Crippen LogP contribution in [0.25, 0.3) is 0 Å². The Hall–Kier alpha value is -0.840. The standard InChI is InChI=1S/C14H21N3O.2ClH/c1-11(12-4-6-16-7-5-12)9-14(18)17-8-2-3-13(15)10-17;;/h4-7,11,13H,2-3,8-10,15H2,1H3;2*1H. The number of carbonyl (C=O) groups is 1.